The summed E-state index contributed by atoms with van der Waals surface area (Å²) in [6.45, 7) is 6.29. The zero-order valence-corrected chi connectivity index (χ0v) is 12.0. The summed E-state index contributed by atoms with van der Waals surface area (Å²) in [7, 11) is 1.77. The summed E-state index contributed by atoms with van der Waals surface area (Å²) in [5.74, 6) is 0. The first-order valence-corrected chi connectivity index (χ1v) is 7.04. The minimum atomic E-state index is 0.616. The average molecular weight is 249 g/mol. The fourth-order valence-corrected chi connectivity index (χ4v) is 2.33. The zero-order chi connectivity index (χ0) is 13.2. The molecule has 18 heavy (non-hydrogen) atoms. The molecule has 0 aromatic heterocycles. The highest BCUT2D eigenvalue weighted by molar-refractivity contribution is 5.25. The average Bonchev–Trinajstić information content (AvgIpc) is 2.38. The maximum absolute atomic E-state index is 5.12. The van der Waals surface area contributed by atoms with Crippen molar-refractivity contribution in [2.75, 3.05) is 20.3 Å². The smallest absolute Gasteiger partial charge is 0.0462 e. The molecule has 0 bridgehead atoms. The molecule has 2 heteroatoms. The molecule has 0 heterocycles. The van der Waals surface area contributed by atoms with Crippen molar-refractivity contribution in [2.24, 2.45) is 0 Å². The van der Waals surface area contributed by atoms with Crippen LogP contribution in [-0.4, -0.2) is 26.3 Å². The van der Waals surface area contributed by atoms with E-state index in [1.54, 1.807) is 7.11 Å². The SMILES string of the molecule is CCNC(CCCOC)CCc1ccccc1C. The monoisotopic (exact) mass is 249 g/mol. The van der Waals surface area contributed by atoms with Gasteiger partial charge in [-0.1, -0.05) is 31.2 Å². The van der Waals surface area contributed by atoms with Crippen LogP contribution in [0.2, 0.25) is 0 Å². The Hall–Kier alpha value is -0.860. The topological polar surface area (TPSA) is 21.3 Å². The fourth-order valence-electron chi connectivity index (χ4n) is 2.33. The largest absolute Gasteiger partial charge is 0.385 e. The summed E-state index contributed by atoms with van der Waals surface area (Å²) in [4.78, 5) is 0. The van der Waals surface area contributed by atoms with Crippen molar-refractivity contribution in [2.45, 2.75) is 45.6 Å². The lowest BCUT2D eigenvalue weighted by Gasteiger charge is -2.18. The van der Waals surface area contributed by atoms with Gasteiger partial charge in [0.05, 0.1) is 0 Å². The molecule has 0 aliphatic carbocycles. The van der Waals surface area contributed by atoms with Gasteiger partial charge >= 0.3 is 0 Å². The Morgan fingerprint density at radius 3 is 2.67 bits per heavy atom. The Morgan fingerprint density at radius 1 is 1.22 bits per heavy atom. The van der Waals surface area contributed by atoms with E-state index in [1.807, 2.05) is 0 Å². The standard InChI is InChI=1S/C16H27NO/c1-4-17-16(10-7-13-18-3)12-11-15-9-6-5-8-14(15)2/h5-6,8-9,16-17H,4,7,10-13H2,1-3H3. The second kappa shape index (κ2) is 9.12. The first-order chi connectivity index (χ1) is 8.77. The molecule has 1 rings (SSSR count). The summed E-state index contributed by atoms with van der Waals surface area (Å²) in [6, 6.07) is 9.30. The molecule has 0 spiro atoms. The van der Waals surface area contributed by atoms with Crippen molar-refractivity contribution < 1.29 is 4.74 Å². The third-order valence-electron chi connectivity index (χ3n) is 3.42. The Kier molecular flexibility index (Phi) is 7.70. The Labute approximate surface area is 112 Å². The molecule has 102 valence electrons. The highest BCUT2D eigenvalue weighted by Crippen LogP contribution is 2.12. The Morgan fingerprint density at radius 2 is 2.00 bits per heavy atom. The maximum Gasteiger partial charge on any atom is 0.0462 e. The number of ether oxygens (including phenoxy) is 1. The van der Waals surface area contributed by atoms with Gasteiger partial charge < -0.3 is 10.1 Å². The van der Waals surface area contributed by atoms with Crippen LogP contribution in [0.3, 0.4) is 0 Å². The lowest BCUT2D eigenvalue weighted by molar-refractivity contribution is 0.188. The summed E-state index contributed by atoms with van der Waals surface area (Å²) in [5, 5.41) is 3.58. The molecule has 1 aromatic rings. The first kappa shape index (κ1) is 15.2. The first-order valence-electron chi connectivity index (χ1n) is 7.04. The van der Waals surface area contributed by atoms with Gasteiger partial charge in [-0.2, -0.15) is 0 Å². The van der Waals surface area contributed by atoms with Crippen LogP contribution in [0.15, 0.2) is 24.3 Å². The molecule has 1 N–H and O–H groups in total. The second-order valence-electron chi connectivity index (χ2n) is 4.85. The van der Waals surface area contributed by atoms with Gasteiger partial charge in [0, 0.05) is 19.8 Å². The molecular formula is C16H27NO. The summed E-state index contributed by atoms with van der Waals surface area (Å²) < 4.78 is 5.12. The molecular weight excluding hydrogens is 222 g/mol. The van der Waals surface area contributed by atoms with Crippen molar-refractivity contribution in [1.29, 1.82) is 0 Å². The number of rotatable bonds is 9. The number of benzene rings is 1. The Balaban J connectivity index is 2.39. The normalized spacial score (nSPS) is 12.6. The van der Waals surface area contributed by atoms with Gasteiger partial charge in [-0.15, -0.1) is 0 Å². The summed E-state index contributed by atoms with van der Waals surface area (Å²) in [5.41, 5.74) is 2.89. The molecule has 0 fully saturated rings. The van der Waals surface area contributed by atoms with Crippen LogP contribution in [0.4, 0.5) is 0 Å². The van der Waals surface area contributed by atoms with Crippen LogP contribution in [-0.2, 0) is 11.2 Å². The zero-order valence-electron chi connectivity index (χ0n) is 12.0. The molecule has 2 nitrogen and oxygen atoms in total. The van der Waals surface area contributed by atoms with Crippen LogP contribution >= 0.6 is 0 Å². The molecule has 0 amide bonds. The Bertz CT molecular complexity index is 325. The molecule has 0 aliphatic heterocycles. The lowest BCUT2D eigenvalue weighted by Crippen LogP contribution is -2.29. The van der Waals surface area contributed by atoms with E-state index in [4.69, 9.17) is 4.74 Å². The summed E-state index contributed by atoms with van der Waals surface area (Å²) in [6.07, 6.45) is 4.72. The van der Waals surface area contributed by atoms with Gasteiger partial charge in [0.2, 0.25) is 0 Å². The number of aryl methyl sites for hydroxylation is 2. The second-order valence-corrected chi connectivity index (χ2v) is 4.85. The van der Waals surface area contributed by atoms with E-state index in [1.165, 1.54) is 24.0 Å². The molecule has 0 aliphatic rings. The maximum atomic E-state index is 5.12. The van der Waals surface area contributed by atoms with E-state index in [-0.39, 0.29) is 0 Å². The van der Waals surface area contributed by atoms with E-state index in [0.717, 1.165) is 26.0 Å². The molecule has 1 unspecified atom stereocenters. The highest BCUT2D eigenvalue weighted by Gasteiger charge is 2.08. The van der Waals surface area contributed by atoms with Crippen molar-refractivity contribution >= 4 is 0 Å². The van der Waals surface area contributed by atoms with Crippen molar-refractivity contribution in [3.63, 3.8) is 0 Å². The molecule has 1 aromatic carbocycles. The van der Waals surface area contributed by atoms with Gasteiger partial charge in [0.1, 0.15) is 0 Å². The lowest BCUT2D eigenvalue weighted by atomic mass is 9.99. The number of hydrogen-bond acceptors (Lipinski definition) is 2. The third-order valence-corrected chi connectivity index (χ3v) is 3.42. The third kappa shape index (κ3) is 5.65. The van der Waals surface area contributed by atoms with Crippen LogP contribution in [0.5, 0.6) is 0 Å². The van der Waals surface area contributed by atoms with Gasteiger partial charge in [-0.25, -0.2) is 0 Å². The minimum absolute atomic E-state index is 0.616. The van der Waals surface area contributed by atoms with Crippen LogP contribution in [0.1, 0.15) is 37.3 Å². The fraction of sp³-hybridized carbons (Fsp3) is 0.625. The number of nitrogens with one attached hydrogen (secondary N) is 1. The predicted molar refractivity (Wildman–Crippen MR) is 78.1 cm³/mol. The van der Waals surface area contributed by atoms with E-state index in [9.17, 15) is 0 Å². The van der Waals surface area contributed by atoms with Crippen molar-refractivity contribution in [3.8, 4) is 0 Å². The van der Waals surface area contributed by atoms with Crippen molar-refractivity contribution in [3.05, 3.63) is 35.4 Å². The van der Waals surface area contributed by atoms with E-state index >= 15 is 0 Å². The van der Waals surface area contributed by atoms with Crippen LogP contribution in [0, 0.1) is 6.92 Å². The minimum Gasteiger partial charge on any atom is -0.385 e. The van der Waals surface area contributed by atoms with E-state index < -0.39 is 0 Å². The number of methoxy groups -OCH3 is 1. The molecule has 0 saturated carbocycles. The molecule has 1 atom stereocenters. The van der Waals surface area contributed by atoms with E-state index in [0.29, 0.717) is 6.04 Å². The molecule has 0 radical (unpaired) electrons. The summed E-state index contributed by atoms with van der Waals surface area (Å²) >= 11 is 0. The van der Waals surface area contributed by atoms with Crippen LogP contribution < -0.4 is 5.32 Å². The van der Waals surface area contributed by atoms with Gasteiger partial charge in [0.15, 0.2) is 0 Å². The highest BCUT2D eigenvalue weighted by atomic mass is 16.5. The van der Waals surface area contributed by atoms with Crippen LogP contribution in [0.25, 0.3) is 0 Å². The van der Waals surface area contributed by atoms with Gasteiger partial charge in [-0.3, -0.25) is 0 Å². The van der Waals surface area contributed by atoms with Gasteiger partial charge in [0.25, 0.3) is 0 Å². The quantitative estimate of drug-likeness (QED) is 0.678. The van der Waals surface area contributed by atoms with E-state index in [2.05, 4.69) is 43.4 Å². The number of hydrogen-bond donors (Lipinski definition) is 1. The van der Waals surface area contributed by atoms with Crippen molar-refractivity contribution in [1.82, 2.24) is 5.32 Å². The predicted octanol–water partition coefficient (Wildman–Crippen LogP) is 3.33. The molecule has 0 saturated heterocycles. The van der Waals surface area contributed by atoms with Gasteiger partial charge in [-0.05, 0) is 50.3 Å².